The van der Waals surface area contributed by atoms with E-state index in [1.54, 1.807) is 13.1 Å². The number of benzene rings is 1. The summed E-state index contributed by atoms with van der Waals surface area (Å²) in [4.78, 5) is 23.2. The molecule has 1 aromatic heterocycles. The highest BCUT2D eigenvalue weighted by molar-refractivity contribution is 6.04. The summed E-state index contributed by atoms with van der Waals surface area (Å²) >= 11 is 0. The molecule has 0 saturated heterocycles. The minimum atomic E-state index is -0.446. The van der Waals surface area contributed by atoms with Gasteiger partial charge in [0.25, 0.3) is 11.5 Å². The van der Waals surface area contributed by atoms with E-state index in [2.05, 4.69) is 5.32 Å². The van der Waals surface area contributed by atoms with Crippen molar-refractivity contribution in [2.24, 2.45) is 7.05 Å². The van der Waals surface area contributed by atoms with Crippen molar-refractivity contribution in [2.45, 2.75) is 0 Å². The SMILES string of the molecule is Cn1ccc(C(=O)Nc2cccc(F)c2)cc1=O. The summed E-state index contributed by atoms with van der Waals surface area (Å²) in [6.45, 7) is 0. The molecular formula is C13H11FN2O2. The lowest BCUT2D eigenvalue weighted by molar-refractivity contribution is 0.102. The highest BCUT2D eigenvalue weighted by Crippen LogP contribution is 2.10. The van der Waals surface area contributed by atoms with Gasteiger partial charge in [-0.25, -0.2) is 4.39 Å². The number of carbonyl (C=O) groups is 1. The third-order valence-corrected chi connectivity index (χ3v) is 2.45. The van der Waals surface area contributed by atoms with Gasteiger partial charge in [0.1, 0.15) is 5.82 Å². The molecule has 0 aliphatic heterocycles. The molecule has 2 aromatic rings. The van der Waals surface area contributed by atoms with E-state index >= 15 is 0 Å². The Morgan fingerprint density at radius 3 is 2.72 bits per heavy atom. The zero-order chi connectivity index (χ0) is 13.1. The Balaban J connectivity index is 2.22. The van der Waals surface area contributed by atoms with Gasteiger partial charge in [-0.2, -0.15) is 0 Å². The molecule has 0 fully saturated rings. The number of aromatic nitrogens is 1. The van der Waals surface area contributed by atoms with Gasteiger partial charge in [-0.15, -0.1) is 0 Å². The fourth-order valence-corrected chi connectivity index (χ4v) is 1.46. The van der Waals surface area contributed by atoms with Crippen molar-refractivity contribution < 1.29 is 9.18 Å². The van der Waals surface area contributed by atoms with Crippen LogP contribution in [0, 0.1) is 5.82 Å². The third kappa shape index (κ3) is 2.63. The van der Waals surface area contributed by atoms with Gasteiger partial charge in [0, 0.05) is 30.6 Å². The Bertz CT molecular complexity index is 649. The molecule has 1 N–H and O–H groups in total. The molecule has 18 heavy (non-hydrogen) atoms. The van der Waals surface area contributed by atoms with Gasteiger partial charge >= 0.3 is 0 Å². The van der Waals surface area contributed by atoms with Crippen molar-refractivity contribution in [2.75, 3.05) is 5.32 Å². The van der Waals surface area contributed by atoms with E-state index in [1.807, 2.05) is 0 Å². The quantitative estimate of drug-likeness (QED) is 0.878. The number of nitrogens with zero attached hydrogens (tertiary/aromatic N) is 1. The molecule has 0 aliphatic carbocycles. The summed E-state index contributed by atoms with van der Waals surface area (Å²) in [5.41, 5.74) is 0.310. The second kappa shape index (κ2) is 4.83. The normalized spacial score (nSPS) is 10.1. The zero-order valence-electron chi connectivity index (χ0n) is 9.68. The first kappa shape index (κ1) is 12.0. The van der Waals surface area contributed by atoms with Crippen LogP contribution in [0.3, 0.4) is 0 Å². The number of hydrogen-bond acceptors (Lipinski definition) is 2. The predicted octanol–water partition coefficient (Wildman–Crippen LogP) is 1.78. The molecule has 1 heterocycles. The number of rotatable bonds is 2. The lowest BCUT2D eigenvalue weighted by Crippen LogP contribution is -2.19. The molecule has 0 saturated carbocycles. The summed E-state index contributed by atoms with van der Waals surface area (Å²) in [6.07, 6.45) is 1.50. The van der Waals surface area contributed by atoms with Gasteiger partial charge in [-0.3, -0.25) is 9.59 Å². The third-order valence-electron chi connectivity index (χ3n) is 2.45. The van der Waals surface area contributed by atoms with E-state index < -0.39 is 11.7 Å². The number of halogens is 1. The van der Waals surface area contributed by atoms with Crippen LogP contribution in [0.5, 0.6) is 0 Å². The van der Waals surface area contributed by atoms with Crippen molar-refractivity contribution in [1.82, 2.24) is 4.57 Å². The average Bonchev–Trinajstić information content (AvgIpc) is 2.32. The first-order valence-corrected chi connectivity index (χ1v) is 5.30. The standard InChI is InChI=1S/C13H11FN2O2/c1-16-6-5-9(7-12(16)17)13(18)15-11-4-2-3-10(14)8-11/h2-8H,1H3,(H,15,18). The average molecular weight is 246 g/mol. The minimum Gasteiger partial charge on any atom is -0.322 e. The molecule has 2 rings (SSSR count). The molecule has 5 heteroatoms. The summed E-state index contributed by atoms with van der Waals surface area (Å²) in [5.74, 6) is -0.880. The smallest absolute Gasteiger partial charge is 0.255 e. The molecule has 0 bridgehead atoms. The first-order valence-electron chi connectivity index (χ1n) is 5.30. The van der Waals surface area contributed by atoms with Crippen molar-refractivity contribution in [3.8, 4) is 0 Å². The maximum atomic E-state index is 12.9. The number of nitrogens with one attached hydrogen (secondary N) is 1. The number of aryl methyl sites for hydroxylation is 1. The molecule has 0 aliphatic rings. The number of carbonyl (C=O) groups excluding carboxylic acids is 1. The van der Waals surface area contributed by atoms with Gasteiger partial charge in [-0.05, 0) is 24.3 Å². The van der Waals surface area contributed by atoms with Crippen LogP contribution in [-0.4, -0.2) is 10.5 Å². The van der Waals surface area contributed by atoms with E-state index in [-0.39, 0.29) is 11.1 Å². The van der Waals surface area contributed by atoms with Gasteiger partial charge < -0.3 is 9.88 Å². The van der Waals surface area contributed by atoms with Gasteiger partial charge in [-0.1, -0.05) is 6.07 Å². The summed E-state index contributed by atoms with van der Waals surface area (Å²) < 4.78 is 14.3. The van der Waals surface area contributed by atoms with E-state index in [4.69, 9.17) is 0 Å². The topological polar surface area (TPSA) is 51.1 Å². The van der Waals surface area contributed by atoms with E-state index in [0.29, 0.717) is 5.69 Å². The Hall–Kier alpha value is -2.43. The Morgan fingerprint density at radius 2 is 2.06 bits per heavy atom. The number of amides is 1. The molecule has 0 unspecified atom stereocenters. The summed E-state index contributed by atoms with van der Waals surface area (Å²) in [5, 5.41) is 2.52. The maximum Gasteiger partial charge on any atom is 0.255 e. The number of pyridine rings is 1. The number of hydrogen-bond donors (Lipinski definition) is 1. The highest BCUT2D eigenvalue weighted by atomic mass is 19.1. The zero-order valence-corrected chi connectivity index (χ0v) is 9.68. The maximum absolute atomic E-state index is 12.9. The molecule has 0 atom stereocenters. The molecule has 0 spiro atoms. The monoisotopic (exact) mass is 246 g/mol. The van der Waals surface area contributed by atoms with Crippen LogP contribution in [0.2, 0.25) is 0 Å². The van der Waals surface area contributed by atoms with E-state index in [0.717, 1.165) is 0 Å². The van der Waals surface area contributed by atoms with Crippen LogP contribution >= 0.6 is 0 Å². The van der Waals surface area contributed by atoms with Gasteiger partial charge in [0.2, 0.25) is 0 Å². The summed E-state index contributed by atoms with van der Waals surface area (Å²) in [7, 11) is 1.59. The Kier molecular flexibility index (Phi) is 3.23. The highest BCUT2D eigenvalue weighted by Gasteiger charge is 2.07. The Morgan fingerprint density at radius 1 is 1.28 bits per heavy atom. The Labute approximate surface area is 103 Å². The van der Waals surface area contributed by atoms with Crippen molar-refractivity contribution in [3.63, 3.8) is 0 Å². The molecule has 1 amide bonds. The van der Waals surface area contributed by atoms with Crippen LogP contribution in [0.15, 0.2) is 47.4 Å². The van der Waals surface area contributed by atoms with Gasteiger partial charge in [0.15, 0.2) is 0 Å². The fourth-order valence-electron chi connectivity index (χ4n) is 1.46. The fraction of sp³-hybridized carbons (Fsp3) is 0.0769. The van der Waals surface area contributed by atoms with Crippen LogP contribution < -0.4 is 10.9 Å². The molecule has 4 nitrogen and oxygen atoms in total. The van der Waals surface area contributed by atoms with Crippen LogP contribution in [0.4, 0.5) is 10.1 Å². The van der Waals surface area contributed by atoms with Crippen LogP contribution in [-0.2, 0) is 7.05 Å². The second-order valence-electron chi connectivity index (χ2n) is 3.83. The second-order valence-corrected chi connectivity index (χ2v) is 3.83. The van der Waals surface area contributed by atoms with E-state index in [1.165, 1.54) is 41.1 Å². The van der Waals surface area contributed by atoms with Crippen LogP contribution in [0.25, 0.3) is 0 Å². The van der Waals surface area contributed by atoms with Crippen molar-refractivity contribution in [3.05, 3.63) is 64.3 Å². The number of anilines is 1. The molecular weight excluding hydrogens is 235 g/mol. The predicted molar refractivity (Wildman–Crippen MR) is 66.0 cm³/mol. The van der Waals surface area contributed by atoms with Crippen LogP contribution in [0.1, 0.15) is 10.4 Å². The minimum absolute atomic E-state index is 0.238. The largest absolute Gasteiger partial charge is 0.322 e. The van der Waals surface area contributed by atoms with Crippen molar-refractivity contribution in [1.29, 1.82) is 0 Å². The first-order chi connectivity index (χ1) is 8.56. The molecule has 0 radical (unpaired) electrons. The lowest BCUT2D eigenvalue weighted by atomic mass is 10.2. The van der Waals surface area contributed by atoms with E-state index in [9.17, 15) is 14.0 Å². The summed E-state index contributed by atoms with van der Waals surface area (Å²) in [6, 6.07) is 8.31. The van der Waals surface area contributed by atoms with Gasteiger partial charge in [0.05, 0.1) is 0 Å². The molecule has 92 valence electrons. The lowest BCUT2D eigenvalue weighted by Gasteiger charge is -2.05. The van der Waals surface area contributed by atoms with Crippen molar-refractivity contribution >= 4 is 11.6 Å². The molecule has 1 aromatic carbocycles.